The van der Waals surface area contributed by atoms with Gasteiger partial charge in [0.25, 0.3) is 11.8 Å². The van der Waals surface area contributed by atoms with E-state index in [2.05, 4.69) is 21.0 Å². The molecule has 4 N–H and O–H groups in total. The topological polar surface area (TPSA) is 139 Å². The zero-order chi connectivity index (χ0) is 23.3. The third-order valence-electron chi connectivity index (χ3n) is 5.35. The molecule has 0 spiro atoms. The van der Waals surface area contributed by atoms with E-state index in [0.717, 1.165) is 15.9 Å². The molecule has 1 aliphatic heterocycles. The van der Waals surface area contributed by atoms with Crippen molar-refractivity contribution >= 4 is 28.6 Å². The number of fused-ring (bicyclic) bond motifs is 1. The minimum Gasteiger partial charge on any atom is -0.496 e. The average Bonchev–Trinajstić information content (AvgIpc) is 3.38. The summed E-state index contributed by atoms with van der Waals surface area (Å²) in [6, 6.07) is 6.26. The number of nitriles is 1. The Morgan fingerprint density at radius 2 is 2.16 bits per heavy atom. The van der Waals surface area contributed by atoms with Gasteiger partial charge in [-0.05, 0) is 37.0 Å². The van der Waals surface area contributed by atoms with Crippen molar-refractivity contribution in [2.75, 3.05) is 20.2 Å². The van der Waals surface area contributed by atoms with Crippen LogP contribution in [0.1, 0.15) is 37.2 Å². The van der Waals surface area contributed by atoms with Crippen LogP contribution in [0.15, 0.2) is 24.3 Å². The van der Waals surface area contributed by atoms with Crippen LogP contribution >= 0.6 is 0 Å². The number of amides is 3. The third-order valence-corrected chi connectivity index (χ3v) is 5.35. The van der Waals surface area contributed by atoms with Crippen LogP contribution in [-0.2, 0) is 9.59 Å². The molecule has 3 amide bonds. The minimum absolute atomic E-state index is 0.0816. The van der Waals surface area contributed by atoms with E-state index in [1.54, 1.807) is 19.2 Å². The summed E-state index contributed by atoms with van der Waals surface area (Å²) >= 11 is 0. The number of aromatic nitrogens is 1. The van der Waals surface area contributed by atoms with Gasteiger partial charge in [0, 0.05) is 17.4 Å². The Morgan fingerprint density at radius 1 is 1.38 bits per heavy atom. The number of rotatable bonds is 9. The van der Waals surface area contributed by atoms with E-state index in [-0.39, 0.29) is 24.3 Å². The van der Waals surface area contributed by atoms with Crippen molar-refractivity contribution in [1.29, 1.82) is 5.26 Å². The van der Waals surface area contributed by atoms with E-state index < -0.39 is 17.9 Å². The number of hydrazine groups is 1. The van der Waals surface area contributed by atoms with Gasteiger partial charge in [-0.15, -0.1) is 0 Å². The van der Waals surface area contributed by atoms with E-state index in [9.17, 15) is 19.6 Å². The van der Waals surface area contributed by atoms with Crippen LogP contribution < -0.4 is 20.8 Å². The maximum atomic E-state index is 12.9. The summed E-state index contributed by atoms with van der Waals surface area (Å²) in [5.41, 5.74) is 3.57. The second-order valence-corrected chi connectivity index (χ2v) is 8.22. The van der Waals surface area contributed by atoms with Gasteiger partial charge in [-0.25, -0.2) is 5.01 Å². The number of benzene rings is 1. The van der Waals surface area contributed by atoms with Crippen LogP contribution in [0, 0.1) is 23.3 Å². The number of aromatic amines is 1. The van der Waals surface area contributed by atoms with Crippen LogP contribution in [0.3, 0.4) is 0 Å². The molecule has 10 heteroatoms. The molecule has 32 heavy (non-hydrogen) atoms. The van der Waals surface area contributed by atoms with E-state index >= 15 is 0 Å². The molecule has 1 saturated heterocycles. The van der Waals surface area contributed by atoms with Crippen molar-refractivity contribution < 1.29 is 19.1 Å². The van der Waals surface area contributed by atoms with Crippen LogP contribution in [0.4, 0.5) is 0 Å². The molecule has 1 aromatic heterocycles. The van der Waals surface area contributed by atoms with Crippen LogP contribution in [0.5, 0.6) is 5.75 Å². The minimum atomic E-state index is -0.857. The molecule has 2 aromatic rings. The summed E-state index contributed by atoms with van der Waals surface area (Å²) in [7, 11) is 1.56. The fraction of sp³-hybridized carbons (Fsp3) is 0.455. The first-order valence-corrected chi connectivity index (χ1v) is 10.5. The fourth-order valence-electron chi connectivity index (χ4n) is 3.73. The van der Waals surface area contributed by atoms with Crippen molar-refractivity contribution in [3.05, 3.63) is 30.0 Å². The lowest BCUT2D eigenvalue weighted by Crippen LogP contribution is -2.52. The van der Waals surface area contributed by atoms with Crippen molar-refractivity contribution in [3.8, 4) is 11.9 Å². The Labute approximate surface area is 186 Å². The molecule has 1 aliphatic rings. The number of nitrogens with zero attached hydrogens (tertiary/aromatic N) is 2. The maximum Gasteiger partial charge on any atom is 0.268 e. The Balaban J connectivity index is 1.71. The molecule has 3 rings (SSSR count). The Kier molecular flexibility index (Phi) is 7.20. The van der Waals surface area contributed by atoms with Gasteiger partial charge < -0.3 is 20.4 Å². The fourth-order valence-corrected chi connectivity index (χ4v) is 3.73. The summed E-state index contributed by atoms with van der Waals surface area (Å²) in [6.07, 6.45) is 2.87. The molecular formula is C22H28N6O4. The summed E-state index contributed by atoms with van der Waals surface area (Å²) in [5.74, 6) is -0.710. The molecule has 0 saturated carbocycles. The predicted molar refractivity (Wildman–Crippen MR) is 117 cm³/mol. The van der Waals surface area contributed by atoms with Crippen LogP contribution in [0.2, 0.25) is 0 Å². The van der Waals surface area contributed by atoms with E-state index in [1.165, 1.54) is 0 Å². The van der Waals surface area contributed by atoms with E-state index in [4.69, 9.17) is 4.74 Å². The molecule has 1 aromatic carbocycles. The molecule has 0 aliphatic carbocycles. The first-order chi connectivity index (χ1) is 15.3. The van der Waals surface area contributed by atoms with Gasteiger partial charge in [0.1, 0.15) is 17.5 Å². The Hall–Kier alpha value is -3.74. The van der Waals surface area contributed by atoms with Gasteiger partial charge in [-0.1, -0.05) is 19.9 Å². The second kappa shape index (κ2) is 10.0. The lowest BCUT2D eigenvalue weighted by molar-refractivity contribution is -0.129. The van der Waals surface area contributed by atoms with E-state index in [1.807, 2.05) is 32.2 Å². The number of carbonyl (C=O) groups excluding carboxylic acids is 3. The lowest BCUT2D eigenvalue weighted by Gasteiger charge is -2.24. The van der Waals surface area contributed by atoms with Gasteiger partial charge in [0.05, 0.1) is 19.6 Å². The molecule has 0 radical (unpaired) electrons. The summed E-state index contributed by atoms with van der Waals surface area (Å²) in [4.78, 5) is 40.6. The number of H-pyrrole nitrogens is 1. The number of carbonyl (C=O) groups is 3. The average molecular weight is 441 g/mol. The van der Waals surface area contributed by atoms with Crippen LogP contribution in [-0.4, -0.2) is 54.0 Å². The first kappa shape index (κ1) is 22.9. The van der Waals surface area contributed by atoms with Gasteiger partial charge >= 0.3 is 0 Å². The molecule has 2 atom stereocenters. The van der Waals surface area contributed by atoms with E-state index in [0.29, 0.717) is 30.8 Å². The SMILES string of the molecule is COc1cccc2[nH]c(C(=O)NC(CC(C)C)C(=O)NN(C#N)CC3CCNC3=O)cc12. The highest BCUT2D eigenvalue weighted by molar-refractivity contribution is 6.01. The molecule has 0 bridgehead atoms. The van der Waals surface area contributed by atoms with Crippen LogP contribution in [0.25, 0.3) is 10.9 Å². The number of hydrogen-bond donors (Lipinski definition) is 4. The normalized spacial score (nSPS) is 16.3. The predicted octanol–water partition coefficient (Wildman–Crippen LogP) is 1.27. The van der Waals surface area contributed by atoms with Crippen molar-refractivity contribution in [2.45, 2.75) is 32.7 Å². The lowest BCUT2D eigenvalue weighted by atomic mass is 10.0. The molecule has 2 heterocycles. The highest BCUT2D eigenvalue weighted by atomic mass is 16.5. The third kappa shape index (κ3) is 5.29. The number of ether oxygens (including phenoxy) is 1. The van der Waals surface area contributed by atoms with Gasteiger partial charge in [0.2, 0.25) is 5.91 Å². The molecular weight excluding hydrogens is 412 g/mol. The summed E-state index contributed by atoms with van der Waals surface area (Å²) in [5, 5.41) is 16.7. The molecule has 10 nitrogen and oxygen atoms in total. The highest BCUT2D eigenvalue weighted by Crippen LogP contribution is 2.26. The van der Waals surface area contributed by atoms with Crippen molar-refractivity contribution in [1.82, 2.24) is 26.1 Å². The number of nitrogens with one attached hydrogen (secondary N) is 4. The van der Waals surface area contributed by atoms with Gasteiger partial charge in [0.15, 0.2) is 6.19 Å². The Morgan fingerprint density at radius 3 is 2.78 bits per heavy atom. The maximum absolute atomic E-state index is 12.9. The van der Waals surface area contributed by atoms with Gasteiger partial charge in [-0.3, -0.25) is 19.8 Å². The highest BCUT2D eigenvalue weighted by Gasteiger charge is 2.29. The smallest absolute Gasteiger partial charge is 0.268 e. The number of hydrogen-bond acceptors (Lipinski definition) is 6. The first-order valence-electron chi connectivity index (χ1n) is 10.5. The Bertz CT molecular complexity index is 1040. The molecule has 1 fully saturated rings. The zero-order valence-electron chi connectivity index (χ0n) is 18.4. The molecule has 2 unspecified atom stereocenters. The zero-order valence-corrected chi connectivity index (χ0v) is 18.4. The summed E-state index contributed by atoms with van der Waals surface area (Å²) in [6.45, 7) is 4.51. The number of methoxy groups -OCH3 is 1. The second-order valence-electron chi connectivity index (χ2n) is 8.22. The largest absolute Gasteiger partial charge is 0.496 e. The summed E-state index contributed by atoms with van der Waals surface area (Å²) < 4.78 is 5.33. The van der Waals surface area contributed by atoms with Gasteiger partial charge in [-0.2, -0.15) is 5.26 Å². The quantitative estimate of drug-likeness (QED) is 0.263. The van der Waals surface area contributed by atoms with Crippen molar-refractivity contribution in [2.24, 2.45) is 11.8 Å². The van der Waals surface area contributed by atoms with Crippen molar-refractivity contribution in [3.63, 3.8) is 0 Å². The monoisotopic (exact) mass is 440 g/mol. The molecule has 170 valence electrons. The standard InChI is InChI=1S/C22H28N6O4/c1-13(2)9-17(22(31)27-28(12-23)11-14-7-8-24-20(14)29)26-21(30)18-10-15-16(25-18)5-4-6-19(15)32-3/h4-6,10,13-14,17,25H,7-9,11H2,1-3H3,(H,24,29)(H,26,30)(H,27,31).